The van der Waals surface area contributed by atoms with Gasteiger partial charge in [0.2, 0.25) is 0 Å². The lowest BCUT2D eigenvalue weighted by molar-refractivity contribution is 0.0697. The van der Waals surface area contributed by atoms with Crippen molar-refractivity contribution in [3.05, 3.63) is 65.5 Å². The molecule has 0 atom stereocenters. The number of carboxylic acid groups (broad SMARTS) is 1. The first-order chi connectivity index (χ1) is 10.6. The molecular weight excluding hydrogens is 280 g/mol. The van der Waals surface area contributed by atoms with Gasteiger partial charge in [-0.15, -0.1) is 0 Å². The quantitative estimate of drug-likeness (QED) is 0.588. The Hall–Kier alpha value is -2.70. The minimum atomic E-state index is -0.909. The standard InChI is InChI=1S/C8H9N3.C8H9NO2/c9-5-8-10-6-3-1-2-4-7(6)11-8;9-5-6-1-3-7(4-2-6)8(10)11/h2*1-4H,5,9H2,(H,10,11). The number of carboxylic acids is 1. The number of aromatic nitrogens is 2. The zero-order chi connectivity index (χ0) is 15.9. The average molecular weight is 298 g/mol. The molecule has 0 unspecified atom stereocenters. The lowest BCUT2D eigenvalue weighted by Gasteiger charge is -1.96. The van der Waals surface area contributed by atoms with E-state index >= 15 is 0 Å². The van der Waals surface area contributed by atoms with Crippen molar-refractivity contribution in [2.45, 2.75) is 13.1 Å². The molecule has 3 aromatic rings. The number of fused-ring (bicyclic) bond motifs is 1. The van der Waals surface area contributed by atoms with Crippen LogP contribution in [0.1, 0.15) is 21.7 Å². The number of hydrogen-bond donors (Lipinski definition) is 4. The Balaban J connectivity index is 0.000000160. The molecule has 1 heterocycles. The van der Waals surface area contributed by atoms with Gasteiger partial charge in [0.1, 0.15) is 5.82 Å². The smallest absolute Gasteiger partial charge is 0.335 e. The van der Waals surface area contributed by atoms with Gasteiger partial charge in [0, 0.05) is 6.54 Å². The van der Waals surface area contributed by atoms with E-state index in [9.17, 15) is 4.79 Å². The number of aromatic carboxylic acids is 1. The summed E-state index contributed by atoms with van der Waals surface area (Å²) in [6, 6.07) is 14.4. The predicted octanol–water partition coefficient (Wildman–Crippen LogP) is 1.87. The van der Waals surface area contributed by atoms with E-state index in [1.807, 2.05) is 24.3 Å². The molecule has 0 saturated heterocycles. The summed E-state index contributed by atoms with van der Waals surface area (Å²) in [5.41, 5.74) is 14.0. The fourth-order valence-electron chi connectivity index (χ4n) is 1.89. The van der Waals surface area contributed by atoms with E-state index in [2.05, 4.69) is 9.97 Å². The molecule has 114 valence electrons. The maximum Gasteiger partial charge on any atom is 0.335 e. The van der Waals surface area contributed by atoms with Gasteiger partial charge in [0.05, 0.1) is 23.1 Å². The van der Waals surface area contributed by atoms with Crippen LogP contribution in [0.3, 0.4) is 0 Å². The minimum absolute atomic E-state index is 0.294. The number of H-pyrrole nitrogens is 1. The highest BCUT2D eigenvalue weighted by atomic mass is 16.4. The first-order valence-corrected chi connectivity index (χ1v) is 6.80. The maximum atomic E-state index is 10.4. The summed E-state index contributed by atoms with van der Waals surface area (Å²) >= 11 is 0. The van der Waals surface area contributed by atoms with Gasteiger partial charge in [-0.3, -0.25) is 0 Å². The van der Waals surface area contributed by atoms with Crippen molar-refractivity contribution >= 4 is 17.0 Å². The highest BCUT2D eigenvalue weighted by molar-refractivity contribution is 5.87. The molecule has 0 aliphatic heterocycles. The Morgan fingerprint density at radius 2 is 1.73 bits per heavy atom. The van der Waals surface area contributed by atoms with Crippen molar-refractivity contribution in [1.29, 1.82) is 0 Å². The van der Waals surface area contributed by atoms with Crippen molar-refractivity contribution < 1.29 is 9.90 Å². The molecule has 0 aliphatic rings. The van der Waals surface area contributed by atoms with E-state index < -0.39 is 5.97 Å². The molecule has 1 aromatic heterocycles. The Morgan fingerprint density at radius 1 is 1.05 bits per heavy atom. The molecule has 3 rings (SSSR count). The van der Waals surface area contributed by atoms with Crippen molar-refractivity contribution in [2.24, 2.45) is 11.5 Å². The van der Waals surface area contributed by atoms with Gasteiger partial charge in [-0.2, -0.15) is 0 Å². The van der Waals surface area contributed by atoms with Crippen LogP contribution in [0.4, 0.5) is 0 Å². The number of hydrogen-bond acceptors (Lipinski definition) is 4. The first kappa shape index (κ1) is 15.7. The number of benzene rings is 2. The number of aromatic amines is 1. The molecule has 6 N–H and O–H groups in total. The summed E-state index contributed by atoms with van der Waals surface area (Å²) in [5.74, 6) is -0.0697. The van der Waals surface area contributed by atoms with E-state index in [1.54, 1.807) is 24.3 Å². The Morgan fingerprint density at radius 3 is 2.27 bits per heavy atom. The van der Waals surface area contributed by atoms with E-state index in [1.165, 1.54) is 0 Å². The molecule has 0 amide bonds. The van der Waals surface area contributed by atoms with Crippen LogP contribution in [-0.4, -0.2) is 21.0 Å². The van der Waals surface area contributed by atoms with Gasteiger partial charge in [0.25, 0.3) is 0 Å². The number of para-hydroxylation sites is 2. The van der Waals surface area contributed by atoms with E-state index in [-0.39, 0.29) is 0 Å². The molecule has 22 heavy (non-hydrogen) atoms. The van der Waals surface area contributed by atoms with Crippen LogP contribution in [0.15, 0.2) is 48.5 Å². The van der Waals surface area contributed by atoms with Crippen molar-refractivity contribution in [2.75, 3.05) is 0 Å². The van der Waals surface area contributed by atoms with Crippen LogP contribution in [0, 0.1) is 0 Å². The SMILES string of the molecule is NCc1ccc(C(=O)O)cc1.NCc1nc2ccccc2[nH]1. The number of carbonyl (C=O) groups is 1. The van der Waals surface area contributed by atoms with Gasteiger partial charge in [-0.05, 0) is 29.8 Å². The Labute approximate surface area is 127 Å². The summed E-state index contributed by atoms with van der Waals surface area (Å²) < 4.78 is 0. The fraction of sp³-hybridized carbons (Fsp3) is 0.125. The summed E-state index contributed by atoms with van der Waals surface area (Å²) in [7, 11) is 0. The molecule has 6 heteroatoms. The van der Waals surface area contributed by atoms with Gasteiger partial charge < -0.3 is 21.6 Å². The number of nitrogens with two attached hydrogens (primary N) is 2. The fourth-order valence-corrected chi connectivity index (χ4v) is 1.89. The predicted molar refractivity (Wildman–Crippen MR) is 85.3 cm³/mol. The highest BCUT2D eigenvalue weighted by Crippen LogP contribution is 2.09. The van der Waals surface area contributed by atoms with Gasteiger partial charge in [0.15, 0.2) is 0 Å². The maximum absolute atomic E-state index is 10.4. The van der Waals surface area contributed by atoms with E-state index in [4.69, 9.17) is 16.6 Å². The molecule has 0 saturated carbocycles. The molecule has 0 spiro atoms. The molecule has 0 fully saturated rings. The van der Waals surface area contributed by atoms with Crippen LogP contribution >= 0.6 is 0 Å². The summed E-state index contributed by atoms with van der Waals surface area (Å²) in [6.07, 6.45) is 0. The van der Waals surface area contributed by atoms with Crippen molar-refractivity contribution in [3.63, 3.8) is 0 Å². The summed E-state index contributed by atoms with van der Waals surface area (Å²) in [6.45, 7) is 0.911. The monoisotopic (exact) mass is 298 g/mol. The van der Waals surface area contributed by atoms with Gasteiger partial charge >= 0.3 is 5.97 Å². The third-order valence-corrected chi connectivity index (χ3v) is 3.07. The van der Waals surface area contributed by atoms with Crippen LogP contribution in [-0.2, 0) is 13.1 Å². The highest BCUT2D eigenvalue weighted by Gasteiger charge is 1.99. The number of rotatable bonds is 3. The average Bonchev–Trinajstić information content (AvgIpc) is 2.98. The van der Waals surface area contributed by atoms with Crippen molar-refractivity contribution in [1.82, 2.24) is 9.97 Å². The molecule has 0 aliphatic carbocycles. The second kappa shape index (κ2) is 7.35. The zero-order valence-corrected chi connectivity index (χ0v) is 12.0. The molecule has 6 nitrogen and oxygen atoms in total. The number of nitrogens with one attached hydrogen (secondary N) is 1. The zero-order valence-electron chi connectivity index (χ0n) is 12.0. The summed E-state index contributed by atoms with van der Waals surface area (Å²) in [4.78, 5) is 17.7. The van der Waals surface area contributed by atoms with Crippen LogP contribution in [0.2, 0.25) is 0 Å². The largest absolute Gasteiger partial charge is 0.478 e. The molecule has 0 radical (unpaired) electrons. The van der Waals surface area contributed by atoms with Crippen LogP contribution in [0.25, 0.3) is 11.0 Å². The third-order valence-electron chi connectivity index (χ3n) is 3.07. The second-order valence-electron chi connectivity index (χ2n) is 4.61. The Bertz CT molecular complexity index is 717. The van der Waals surface area contributed by atoms with Crippen LogP contribution < -0.4 is 11.5 Å². The minimum Gasteiger partial charge on any atom is -0.478 e. The van der Waals surface area contributed by atoms with E-state index in [0.29, 0.717) is 18.7 Å². The molecule has 2 aromatic carbocycles. The van der Waals surface area contributed by atoms with Gasteiger partial charge in [-0.1, -0.05) is 24.3 Å². The molecular formula is C16H18N4O2. The first-order valence-electron chi connectivity index (χ1n) is 6.80. The lowest BCUT2D eigenvalue weighted by atomic mass is 10.1. The van der Waals surface area contributed by atoms with E-state index in [0.717, 1.165) is 22.4 Å². The third kappa shape index (κ3) is 3.91. The topological polar surface area (TPSA) is 118 Å². The summed E-state index contributed by atoms with van der Waals surface area (Å²) in [5, 5.41) is 8.52. The van der Waals surface area contributed by atoms with Crippen LogP contribution in [0.5, 0.6) is 0 Å². The second-order valence-corrected chi connectivity index (χ2v) is 4.61. The van der Waals surface area contributed by atoms with Gasteiger partial charge in [-0.25, -0.2) is 9.78 Å². The molecule has 0 bridgehead atoms. The Kier molecular flexibility index (Phi) is 5.24. The van der Waals surface area contributed by atoms with Crippen molar-refractivity contribution in [3.8, 4) is 0 Å². The lowest BCUT2D eigenvalue weighted by Crippen LogP contribution is -1.99. The number of imidazole rings is 1. The normalized spacial score (nSPS) is 10.1. The number of nitrogens with zero attached hydrogens (tertiary/aromatic N) is 1.